The van der Waals surface area contributed by atoms with Gasteiger partial charge >= 0.3 is 0 Å². The molecule has 1 aromatic heterocycles. The Morgan fingerprint density at radius 2 is 2.07 bits per heavy atom. The maximum Gasteiger partial charge on any atom is 0.152 e. The third kappa shape index (κ3) is 2.13. The lowest BCUT2D eigenvalue weighted by Gasteiger charge is -2.02. The van der Waals surface area contributed by atoms with Crippen LogP contribution in [0.3, 0.4) is 0 Å². The van der Waals surface area contributed by atoms with Gasteiger partial charge in [0.2, 0.25) is 0 Å². The van der Waals surface area contributed by atoms with Gasteiger partial charge in [0.15, 0.2) is 5.82 Å². The highest BCUT2D eigenvalue weighted by Gasteiger charge is 2.08. The Morgan fingerprint density at radius 1 is 1.27 bits per heavy atom. The van der Waals surface area contributed by atoms with Crippen molar-refractivity contribution < 1.29 is 8.78 Å². The Kier molecular flexibility index (Phi) is 2.64. The summed E-state index contributed by atoms with van der Waals surface area (Å²) in [6.07, 6.45) is 0.961. The summed E-state index contributed by atoms with van der Waals surface area (Å²) in [7, 11) is 0. The van der Waals surface area contributed by atoms with E-state index in [0.717, 1.165) is 12.3 Å². The monoisotopic (exact) mass is 224 g/mol. The van der Waals surface area contributed by atoms with Crippen LogP contribution in [0.15, 0.2) is 30.5 Å². The number of hydrogen-bond donors (Lipinski definition) is 0. The molecule has 0 atom stereocenters. The molecule has 1 radical (unpaired) electrons. The molecule has 0 fully saturated rings. The molecule has 1 aromatic carbocycles. The number of hydrogen-bond acceptors (Lipinski definition) is 1. The van der Waals surface area contributed by atoms with Crippen molar-refractivity contribution in [3.8, 4) is 11.3 Å². The molecule has 0 saturated carbocycles. The summed E-state index contributed by atoms with van der Waals surface area (Å²) in [6.45, 7) is 0. The lowest BCUT2D eigenvalue weighted by Crippen LogP contribution is -1.90. The van der Waals surface area contributed by atoms with E-state index in [1.54, 1.807) is 12.1 Å². The zero-order valence-corrected chi connectivity index (χ0v) is 8.22. The molecule has 0 N–H and O–H groups in total. The van der Waals surface area contributed by atoms with Crippen LogP contribution < -0.4 is 0 Å². The first-order valence-corrected chi connectivity index (χ1v) is 4.53. The average Bonchev–Trinajstić information content (AvgIpc) is 2.17. The van der Waals surface area contributed by atoms with E-state index in [1.165, 1.54) is 6.07 Å². The van der Waals surface area contributed by atoms with Gasteiger partial charge in [-0.1, -0.05) is 23.7 Å². The van der Waals surface area contributed by atoms with Crippen molar-refractivity contribution in [3.63, 3.8) is 0 Å². The smallest absolute Gasteiger partial charge is 0.152 e. The molecule has 4 heteroatoms. The summed E-state index contributed by atoms with van der Waals surface area (Å²) in [5.41, 5.74) is 0.573. The van der Waals surface area contributed by atoms with Crippen LogP contribution in [0, 0.1) is 17.7 Å². The average molecular weight is 225 g/mol. The maximum atomic E-state index is 13.3. The molecule has 0 saturated heterocycles. The van der Waals surface area contributed by atoms with Crippen molar-refractivity contribution >= 4 is 11.6 Å². The van der Waals surface area contributed by atoms with Crippen LogP contribution in [-0.4, -0.2) is 4.98 Å². The third-order valence-electron chi connectivity index (χ3n) is 1.85. The van der Waals surface area contributed by atoms with E-state index < -0.39 is 11.6 Å². The summed E-state index contributed by atoms with van der Waals surface area (Å²) < 4.78 is 25.9. The van der Waals surface area contributed by atoms with Crippen molar-refractivity contribution in [2.75, 3.05) is 0 Å². The van der Waals surface area contributed by atoms with Crippen LogP contribution in [0.25, 0.3) is 11.3 Å². The van der Waals surface area contributed by atoms with E-state index in [1.807, 2.05) is 0 Å². The lowest BCUT2D eigenvalue weighted by atomic mass is 10.1. The molecule has 2 rings (SSSR count). The molecule has 0 aliphatic heterocycles. The second-order valence-corrected chi connectivity index (χ2v) is 3.32. The van der Waals surface area contributed by atoms with Gasteiger partial charge in [-0.3, -0.25) is 4.98 Å². The van der Waals surface area contributed by atoms with Gasteiger partial charge in [-0.2, -0.15) is 0 Å². The van der Waals surface area contributed by atoms with E-state index in [4.69, 9.17) is 11.6 Å². The zero-order chi connectivity index (χ0) is 10.8. The minimum Gasteiger partial charge on any atom is -0.250 e. The molecular formula is C11H5ClF2N. The van der Waals surface area contributed by atoms with Gasteiger partial charge in [0, 0.05) is 22.7 Å². The first-order chi connectivity index (χ1) is 7.16. The molecule has 0 amide bonds. The van der Waals surface area contributed by atoms with Gasteiger partial charge < -0.3 is 0 Å². The highest BCUT2D eigenvalue weighted by Crippen LogP contribution is 2.23. The second kappa shape index (κ2) is 3.95. The number of halogens is 3. The second-order valence-electron chi connectivity index (χ2n) is 2.91. The summed E-state index contributed by atoms with van der Waals surface area (Å²) in [5.74, 6) is -1.41. The van der Waals surface area contributed by atoms with Crippen molar-refractivity contribution in [2.45, 2.75) is 0 Å². The molecule has 0 aliphatic rings. The van der Waals surface area contributed by atoms with Crippen LogP contribution in [0.1, 0.15) is 0 Å². The Balaban J connectivity index is 2.54. The van der Waals surface area contributed by atoms with Crippen LogP contribution in [0.2, 0.25) is 5.02 Å². The fourth-order valence-corrected chi connectivity index (χ4v) is 1.39. The molecule has 0 bridgehead atoms. The predicted octanol–water partition coefficient (Wildman–Crippen LogP) is 3.48. The highest BCUT2D eigenvalue weighted by molar-refractivity contribution is 6.30. The van der Waals surface area contributed by atoms with E-state index in [-0.39, 0.29) is 5.69 Å². The van der Waals surface area contributed by atoms with Crippen molar-refractivity contribution in [1.82, 2.24) is 4.98 Å². The van der Waals surface area contributed by atoms with Crippen LogP contribution in [0.4, 0.5) is 8.78 Å². The van der Waals surface area contributed by atoms with Crippen LogP contribution in [-0.2, 0) is 0 Å². The molecule has 0 aliphatic carbocycles. The first-order valence-electron chi connectivity index (χ1n) is 4.15. The molecule has 1 heterocycles. The Morgan fingerprint density at radius 3 is 2.73 bits per heavy atom. The van der Waals surface area contributed by atoms with Gasteiger partial charge in [-0.25, -0.2) is 8.78 Å². The van der Waals surface area contributed by atoms with Crippen molar-refractivity contribution in [3.05, 3.63) is 53.2 Å². The van der Waals surface area contributed by atoms with Gasteiger partial charge in [0.1, 0.15) is 11.5 Å². The molecular weight excluding hydrogens is 220 g/mol. The first kappa shape index (κ1) is 10.1. The number of rotatable bonds is 1. The van der Waals surface area contributed by atoms with Crippen molar-refractivity contribution in [2.24, 2.45) is 0 Å². The van der Waals surface area contributed by atoms with E-state index in [0.29, 0.717) is 10.6 Å². The molecule has 0 unspecified atom stereocenters. The Labute approximate surface area is 90.3 Å². The number of pyridine rings is 1. The van der Waals surface area contributed by atoms with Crippen LogP contribution in [0.5, 0.6) is 0 Å². The predicted molar refractivity (Wildman–Crippen MR) is 53.4 cm³/mol. The molecule has 2 aromatic rings. The quantitative estimate of drug-likeness (QED) is 0.723. The number of aromatic nitrogens is 1. The summed E-state index contributed by atoms with van der Waals surface area (Å²) >= 11 is 5.70. The van der Waals surface area contributed by atoms with Crippen molar-refractivity contribution in [1.29, 1.82) is 0 Å². The Hall–Kier alpha value is -1.48. The summed E-state index contributed by atoms with van der Waals surface area (Å²) in [5, 5.41) is 0.359. The lowest BCUT2D eigenvalue weighted by molar-refractivity contribution is 0.576. The topological polar surface area (TPSA) is 12.9 Å². The van der Waals surface area contributed by atoms with Gasteiger partial charge in [-0.05, 0) is 6.07 Å². The van der Waals surface area contributed by atoms with Crippen LogP contribution >= 0.6 is 11.6 Å². The van der Waals surface area contributed by atoms with Gasteiger partial charge in [0.05, 0.1) is 6.20 Å². The minimum absolute atomic E-state index is 0.0762. The van der Waals surface area contributed by atoms with Gasteiger partial charge in [-0.15, -0.1) is 0 Å². The fourth-order valence-electron chi connectivity index (χ4n) is 1.21. The van der Waals surface area contributed by atoms with E-state index in [2.05, 4.69) is 11.1 Å². The standard InChI is InChI=1S/C11H5ClF2N/c12-8-3-1-2-7(4-8)11-10(14)5-9(13)6-15-11/h1-2,4-6H. The maximum absolute atomic E-state index is 13.3. The highest BCUT2D eigenvalue weighted by atomic mass is 35.5. The summed E-state index contributed by atoms with van der Waals surface area (Å²) in [4.78, 5) is 3.67. The number of nitrogens with zero attached hydrogens (tertiary/aromatic N) is 1. The zero-order valence-electron chi connectivity index (χ0n) is 7.47. The van der Waals surface area contributed by atoms with E-state index >= 15 is 0 Å². The minimum atomic E-state index is -0.711. The van der Waals surface area contributed by atoms with E-state index in [9.17, 15) is 8.78 Å². The molecule has 1 nitrogen and oxygen atoms in total. The molecule has 15 heavy (non-hydrogen) atoms. The molecule has 0 spiro atoms. The normalized spacial score (nSPS) is 10.3. The summed E-state index contributed by atoms with van der Waals surface area (Å²) in [6, 6.07) is 8.18. The van der Waals surface area contributed by atoms with Gasteiger partial charge in [0.25, 0.3) is 0 Å². The number of benzene rings is 1. The Bertz CT molecular complexity index is 500. The molecule has 75 valence electrons. The largest absolute Gasteiger partial charge is 0.250 e. The fraction of sp³-hybridized carbons (Fsp3) is 0. The SMILES string of the molecule is Fc1cnc(-c2cc[c]c(Cl)c2)c(F)c1. The third-order valence-corrected chi connectivity index (χ3v) is 2.07.